The molecule has 0 unspecified atom stereocenters. The van der Waals surface area contributed by atoms with E-state index in [1.807, 2.05) is 30.3 Å². The third kappa shape index (κ3) is 1.98. The number of benzene rings is 2. The SMILES string of the molecule is O=C1CCC[C@]12C=Cc1c(OCc3ccccc3)cccc12. The number of carbonyl (C=O) groups excluding carboxylic acids is 1. The van der Waals surface area contributed by atoms with Crippen LogP contribution < -0.4 is 4.74 Å². The van der Waals surface area contributed by atoms with Crippen molar-refractivity contribution in [3.05, 3.63) is 71.3 Å². The first-order valence-corrected chi connectivity index (χ1v) is 7.82. The Morgan fingerprint density at radius 3 is 2.68 bits per heavy atom. The van der Waals surface area contributed by atoms with Gasteiger partial charge in [0.15, 0.2) is 0 Å². The average Bonchev–Trinajstić information content (AvgIpc) is 3.12. The summed E-state index contributed by atoms with van der Waals surface area (Å²) in [6.07, 6.45) is 6.76. The Balaban J connectivity index is 1.64. The number of fused-ring (bicyclic) bond motifs is 2. The van der Waals surface area contributed by atoms with Gasteiger partial charge in [-0.1, -0.05) is 54.6 Å². The van der Waals surface area contributed by atoms with E-state index in [9.17, 15) is 4.79 Å². The minimum Gasteiger partial charge on any atom is -0.488 e. The van der Waals surface area contributed by atoms with Crippen molar-refractivity contribution >= 4 is 11.9 Å². The fourth-order valence-electron chi connectivity index (χ4n) is 3.63. The van der Waals surface area contributed by atoms with Gasteiger partial charge in [-0.05, 0) is 30.0 Å². The zero-order chi connectivity index (χ0) is 15.0. The third-order valence-electron chi connectivity index (χ3n) is 4.79. The molecule has 0 bridgehead atoms. The number of Topliss-reactive ketones (excluding diaryl/α,β-unsaturated/α-hetero) is 1. The van der Waals surface area contributed by atoms with Gasteiger partial charge < -0.3 is 4.74 Å². The highest BCUT2D eigenvalue weighted by molar-refractivity contribution is 5.98. The Hall–Kier alpha value is -2.35. The molecule has 0 aliphatic heterocycles. The van der Waals surface area contributed by atoms with Crippen LogP contribution in [-0.4, -0.2) is 5.78 Å². The van der Waals surface area contributed by atoms with Gasteiger partial charge in [0.1, 0.15) is 18.1 Å². The fourth-order valence-corrected chi connectivity index (χ4v) is 3.63. The van der Waals surface area contributed by atoms with E-state index < -0.39 is 0 Å². The summed E-state index contributed by atoms with van der Waals surface area (Å²) in [4.78, 5) is 12.4. The summed E-state index contributed by atoms with van der Waals surface area (Å²) in [6, 6.07) is 16.2. The van der Waals surface area contributed by atoms with Crippen molar-refractivity contribution in [3.8, 4) is 5.75 Å². The lowest BCUT2D eigenvalue weighted by atomic mass is 9.80. The summed E-state index contributed by atoms with van der Waals surface area (Å²) >= 11 is 0. The standard InChI is InChI=1S/C20H18O2/c21-19-10-5-12-20(19)13-11-16-17(20)8-4-9-18(16)22-14-15-6-2-1-3-7-15/h1-4,6-9,11,13H,5,10,12,14H2/t20-/m1/s1. The van der Waals surface area contributed by atoms with Crippen LogP contribution in [0.15, 0.2) is 54.6 Å². The van der Waals surface area contributed by atoms with Gasteiger partial charge in [0.2, 0.25) is 0 Å². The van der Waals surface area contributed by atoms with E-state index >= 15 is 0 Å². The van der Waals surface area contributed by atoms with Gasteiger partial charge >= 0.3 is 0 Å². The zero-order valence-electron chi connectivity index (χ0n) is 12.4. The molecule has 1 atom stereocenters. The summed E-state index contributed by atoms with van der Waals surface area (Å²) in [7, 11) is 0. The van der Waals surface area contributed by atoms with E-state index in [0.29, 0.717) is 18.8 Å². The van der Waals surface area contributed by atoms with Crippen molar-refractivity contribution in [1.29, 1.82) is 0 Å². The number of carbonyl (C=O) groups is 1. The first kappa shape index (κ1) is 13.3. The van der Waals surface area contributed by atoms with Gasteiger partial charge in [0, 0.05) is 12.0 Å². The van der Waals surface area contributed by atoms with Crippen LogP contribution in [0.5, 0.6) is 5.75 Å². The molecule has 2 aliphatic rings. The molecule has 2 heteroatoms. The van der Waals surface area contributed by atoms with Gasteiger partial charge in [0.25, 0.3) is 0 Å². The molecule has 2 aliphatic carbocycles. The fraction of sp³-hybridized carbons (Fsp3) is 0.250. The summed E-state index contributed by atoms with van der Waals surface area (Å²) in [5.41, 5.74) is 2.98. The van der Waals surface area contributed by atoms with Crippen LogP contribution in [-0.2, 0) is 16.8 Å². The molecule has 0 saturated heterocycles. The zero-order valence-corrected chi connectivity index (χ0v) is 12.4. The highest BCUT2D eigenvalue weighted by Gasteiger charge is 2.45. The second-order valence-corrected chi connectivity index (χ2v) is 6.07. The largest absolute Gasteiger partial charge is 0.488 e. The van der Waals surface area contributed by atoms with Crippen LogP contribution in [0.25, 0.3) is 6.08 Å². The number of rotatable bonds is 3. The van der Waals surface area contributed by atoms with Gasteiger partial charge in [-0.25, -0.2) is 0 Å². The van der Waals surface area contributed by atoms with E-state index in [-0.39, 0.29) is 5.41 Å². The minimum absolute atomic E-state index is 0.350. The lowest BCUT2D eigenvalue weighted by molar-refractivity contribution is -0.120. The van der Waals surface area contributed by atoms with Crippen LogP contribution in [0.2, 0.25) is 0 Å². The second-order valence-electron chi connectivity index (χ2n) is 6.07. The molecule has 2 aromatic carbocycles. The van der Waals surface area contributed by atoms with Gasteiger partial charge in [0.05, 0.1) is 5.41 Å². The van der Waals surface area contributed by atoms with Crippen molar-refractivity contribution in [2.45, 2.75) is 31.3 Å². The maximum atomic E-state index is 12.4. The molecular formula is C20H18O2. The topological polar surface area (TPSA) is 26.3 Å². The Kier molecular flexibility index (Phi) is 3.11. The van der Waals surface area contributed by atoms with Crippen molar-refractivity contribution < 1.29 is 9.53 Å². The molecule has 2 aromatic rings. The smallest absolute Gasteiger partial charge is 0.147 e. The molecule has 2 nitrogen and oxygen atoms in total. The highest BCUT2D eigenvalue weighted by Crippen LogP contribution is 2.47. The Bertz CT molecular complexity index is 746. The second kappa shape index (κ2) is 5.13. The predicted octanol–water partition coefficient (Wildman–Crippen LogP) is 4.28. The molecule has 110 valence electrons. The maximum Gasteiger partial charge on any atom is 0.147 e. The van der Waals surface area contributed by atoms with Gasteiger partial charge in [-0.3, -0.25) is 4.79 Å². The number of allylic oxidation sites excluding steroid dienone is 1. The monoisotopic (exact) mass is 290 g/mol. The lowest BCUT2D eigenvalue weighted by Crippen LogP contribution is -2.26. The minimum atomic E-state index is -0.374. The number of hydrogen-bond acceptors (Lipinski definition) is 2. The van der Waals surface area contributed by atoms with E-state index in [4.69, 9.17) is 4.74 Å². The van der Waals surface area contributed by atoms with E-state index in [0.717, 1.165) is 35.3 Å². The molecule has 1 saturated carbocycles. The van der Waals surface area contributed by atoms with Crippen LogP contribution in [0.3, 0.4) is 0 Å². The first-order chi connectivity index (χ1) is 10.8. The number of ketones is 1. The quantitative estimate of drug-likeness (QED) is 0.843. The van der Waals surface area contributed by atoms with E-state index in [1.165, 1.54) is 0 Å². The van der Waals surface area contributed by atoms with E-state index in [1.54, 1.807) is 0 Å². The van der Waals surface area contributed by atoms with E-state index in [2.05, 4.69) is 30.4 Å². The third-order valence-corrected chi connectivity index (χ3v) is 4.79. The van der Waals surface area contributed by atoms with Crippen molar-refractivity contribution in [2.24, 2.45) is 0 Å². The summed E-state index contributed by atoms with van der Waals surface area (Å²) < 4.78 is 6.01. The lowest BCUT2D eigenvalue weighted by Gasteiger charge is -2.22. The van der Waals surface area contributed by atoms with Crippen molar-refractivity contribution in [3.63, 3.8) is 0 Å². The molecule has 1 fully saturated rings. The van der Waals surface area contributed by atoms with Gasteiger partial charge in [-0.15, -0.1) is 0 Å². The first-order valence-electron chi connectivity index (χ1n) is 7.82. The van der Waals surface area contributed by atoms with Crippen LogP contribution in [0.1, 0.15) is 36.0 Å². The molecular weight excluding hydrogens is 272 g/mol. The van der Waals surface area contributed by atoms with Crippen molar-refractivity contribution in [1.82, 2.24) is 0 Å². The number of hydrogen-bond donors (Lipinski definition) is 0. The van der Waals surface area contributed by atoms with Gasteiger partial charge in [-0.2, -0.15) is 0 Å². The predicted molar refractivity (Wildman–Crippen MR) is 86.8 cm³/mol. The average molecular weight is 290 g/mol. The van der Waals surface area contributed by atoms with Crippen molar-refractivity contribution in [2.75, 3.05) is 0 Å². The van der Waals surface area contributed by atoms with Crippen LogP contribution in [0, 0.1) is 0 Å². The molecule has 0 radical (unpaired) electrons. The summed E-state index contributed by atoms with van der Waals surface area (Å²) in [6.45, 7) is 0.548. The highest BCUT2D eigenvalue weighted by atomic mass is 16.5. The summed E-state index contributed by atoms with van der Waals surface area (Å²) in [5.74, 6) is 1.22. The molecule has 0 amide bonds. The van der Waals surface area contributed by atoms with Crippen LogP contribution >= 0.6 is 0 Å². The molecule has 0 aromatic heterocycles. The molecule has 4 rings (SSSR count). The molecule has 22 heavy (non-hydrogen) atoms. The number of ether oxygens (including phenoxy) is 1. The Morgan fingerprint density at radius 1 is 1.05 bits per heavy atom. The Morgan fingerprint density at radius 2 is 1.91 bits per heavy atom. The Labute approximate surface area is 130 Å². The van der Waals surface area contributed by atoms with Crippen LogP contribution in [0.4, 0.5) is 0 Å². The molecule has 1 spiro atoms. The maximum absolute atomic E-state index is 12.4. The summed E-state index contributed by atoms with van der Waals surface area (Å²) in [5, 5.41) is 0. The molecule has 0 heterocycles. The molecule has 0 N–H and O–H groups in total. The normalized spacial score (nSPS) is 22.3.